The lowest BCUT2D eigenvalue weighted by Gasteiger charge is -2.01. The third-order valence-electron chi connectivity index (χ3n) is 1.68. The zero-order valence-corrected chi connectivity index (χ0v) is 7.98. The van der Waals surface area contributed by atoms with Gasteiger partial charge in [0.05, 0.1) is 18.2 Å². The number of esters is 1. The topological polar surface area (TPSA) is 63.6 Å². The predicted octanol–water partition coefficient (Wildman–Crippen LogP) is 0.729. The lowest BCUT2D eigenvalue weighted by molar-refractivity contribution is -0.103. The van der Waals surface area contributed by atoms with Crippen molar-refractivity contribution in [1.29, 1.82) is 0 Å². The first-order valence-electron chi connectivity index (χ1n) is 4.05. The summed E-state index contributed by atoms with van der Waals surface area (Å²) in [6, 6.07) is 4.14. The molecule has 1 aromatic rings. The number of hydrogen-bond donors (Lipinski definition) is 1. The van der Waals surface area contributed by atoms with Gasteiger partial charge in [-0.1, -0.05) is 5.92 Å². The Labute approximate surface area is 86.5 Å². The van der Waals surface area contributed by atoms with Crippen molar-refractivity contribution >= 4 is 12.3 Å². The summed E-state index contributed by atoms with van der Waals surface area (Å²) in [5.41, 5.74) is 0.515. The van der Waals surface area contributed by atoms with Crippen LogP contribution in [0.2, 0.25) is 0 Å². The number of phenolic OH excluding ortho intramolecular Hbond substituents is 1. The maximum absolute atomic E-state index is 11.1. The van der Waals surface area contributed by atoms with E-state index in [-0.39, 0.29) is 16.9 Å². The van der Waals surface area contributed by atoms with Crippen molar-refractivity contribution in [3.05, 3.63) is 29.3 Å². The Morgan fingerprint density at radius 1 is 1.53 bits per heavy atom. The van der Waals surface area contributed by atoms with E-state index in [2.05, 4.69) is 16.6 Å². The van der Waals surface area contributed by atoms with Crippen LogP contribution in [-0.2, 0) is 9.53 Å². The molecule has 15 heavy (non-hydrogen) atoms. The van der Waals surface area contributed by atoms with E-state index in [0.717, 1.165) is 0 Å². The molecule has 0 aliphatic carbocycles. The minimum absolute atomic E-state index is 0.160. The van der Waals surface area contributed by atoms with Gasteiger partial charge in [-0.25, -0.2) is 4.79 Å². The summed E-state index contributed by atoms with van der Waals surface area (Å²) >= 11 is 0. The van der Waals surface area contributed by atoms with E-state index in [1.54, 1.807) is 0 Å². The van der Waals surface area contributed by atoms with Crippen LogP contribution in [0, 0.1) is 11.8 Å². The molecule has 4 heteroatoms. The van der Waals surface area contributed by atoms with Gasteiger partial charge in [-0.3, -0.25) is 4.79 Å². The molecule has 0 amide bonds. The molecule has 0 saturated carbocycles. The molecule has 1 rings (SSSR count). The smallest absolute Gasteiger partial charge is 0.337 e. The predicted molar refractivity (Wildman–Crippen MR) is 52.4 cm³/mol. The van der Waals surface area contributed by atoms with E-state index >= 15 is 0 Å². The van der Waals surface area contributed by atoms with Crippen molar-refractivity contribution in [2.45, 2.75) is 0 Å². The van der Waals surface area contributed by atoms with Crippen LogP contribution in [0.25, 0.3) is 0 Å². The van der Waals surface area contributed by atoms with Crippen LogP contribution in [0.4, 0.5) is 0 Å². The summed E-state index contributed by atoms with van der Waals surface area (Å²) in [5, 5.41) is 9.44. The second-order valence-electron chi connectivity index (χ2n) is 2.61. The van der Waals surface area contributed by atoms with Crippen LogP contribution in [0.15, 0.2) is 18.2 Å². The van der Waals surface area contributed by atoms with Crippen LogP contribution < -0.4 is 0 Å². The molecule has 0 fully saturated rings. The number of rotatable bonds is 1. The highest BCUT2D eigenvalue weighted by Crippen LogP contribution is 2.18. The summed E-state index contributed by atoms with van der Waals surface area (Å²) in [6.45, 7) is 0. The van der Waals surface area contributed by atoms with E-state index in [4.69, 9.17) is 0 Å². The van der Waals surface area contributed by atoms with Gasteiger partial charge in [-0.15, -0.1) is 0 Å². The van der Waals surface area contributed by atoms with Gasteiger partial charge in [0.2, 0.25) is 0 Å². The second kappa shape index (κ2) is 4.82. The largest absolute Gasteiger partial charge is 0.507 e. The second-order valence-corrected chi connectivity index (χ2v) is 2.61. The van der Waals surface area contributed by atoms with Crippen LogP contribution in [0.5, 0.6) is 5.75 Å². The molecule has 76 valence electrons. The summed E-state index contributed by atoms with van der Waals surface area (Å²) in [7, 11) is 1.25. The Hall–Kier alpha value is -2.28. The first-order valence-corrected chi connectivity index (χ1v) is 4.05. The number of carbonyl (C=O) groups is 2. The van der Waals surface area contributed by atoms with Crippen LogP contribution in [0.3, 0.4) is 0 Å². The molecular formula is C11H8O4. The molecular weight excluding hydrogens is 196 g/mol. The summed E-state index contributed by atoms with van der Waals surface area (Å²) in [5.74, 6) is 3.89. The first kappa shape index (κ1) is 10.8. The number of methoxy groups -OCH3 is 1. The molecule has 1 N–H and O–H groups in total. The molecule has 0 radical (unpaired) electrons. The van der Waals surface area contributed by atoms with Gasteiger partial charge >= 0.3 is 5.97 Å². The molecule has 0 spiro atoms. The standard InChI is InChI=1S/C11H8O4/c1-15-11(14)9-5-4-8(3-2-6-12)10(13)7-9/h4-7,13H,1H3. The SMILES string of the molecule is COC(=O)c1ccc(C#CC=O)c(O)c1. The molecule has 0 saturated heterocycles. The number of hydrogen-bond acceptors (Lipinski definition) is 4. The Bertz CT molecular complexity index is 451. The molecule has 0 aliphatic rings. The highest BCUT2D eigenvalue weighted by atomic mass is 16.5. The highest BCUT2D eigenvalue weighted by molar-refractivity contribution is 5.90. The van der Waals surface area contributed by atoms with Gasteiger partial charge in [0.1, 0.15) is 5.75 Å². The molecule has 1 aromatic carbocycles. The van der Waals surface area contributed by atoms with E-state index in [0.29, 0.717) is 6.29 Å². The number of carbonyl (C=O) groups excluding carboxylic acids is 2. The Morgan fingerprint density at radius 2 is 2.27 bits per heavy atom. The normalized spacial score (nSPS) is 8.60. The molecule has 0 heterocycles. The van der Waals surface area contributed by atoms with Gasteiger partial charge in [0.25, 0.3) is 0 Å². The third kappa shape index (κ3) is 2.58. The number of aldehydes is 1. The fourth-order valence-corrected chi connectivity index (χ4v) is 0.989. The van der Waals surface area contributed by atoms with Gasteiger partial charge in [-0.05, 0) is 24.1 Å². The molecule has 0 unspecified atom stereocenters. The van der Waals surface area contributed by atoms with Crippen molar-refractivity contribution in [2.75, 3.05) is 7.11 Å². The average molecular weight is 204 g/mol. The quantitative estimate of drug-likeness (QED) is 0.416. The Morgan fingerprint density at radius 3 is 2.80 bits per heavy atom. The zero-order valence-electron chi connectivity index (χ0n) is 7.98. The Kier molecular flexibility index (Phi) is 3.47. The highest BCUT2D eigenvalue weighted by Gasteiger charge is 2.07. The van der Waals surface area contributed by atoms with Crippen LogP contribution in [-0.4, -0.2) is 24.5 Å². The van der Waals surface area contributed by atoms with Gasteiger partial charge < -0.3 is 9.84 Å². The van der Waals surface area contributed by atoms with E-state index in [1.807, 2.05) is 0 Å². The van der Waals surface area contributed by atoms with E-state index < -0.39 is 5.97 Å². The fourth-order valence-electron chi connectivity index (χ4n) is 0.989. The number of aromatic hydroxyl groups is 1. The Balaban J connectivity index is 3.08. The van der Waals surface area contributed by atoms with Gasteiger partial charge in [-0.2, -0.15) is 0 Å². The zero-order chi connectivity index (χ0) is 11.3. The van der Waals surface area contributed by atoms with Gasteiger partial charge in [0, 0.05) is 0 Å². The van der Waals surface area contributed by atoms with Crippen molar-refractivity contribution in [1.82, 2.24) is 0 Å². The van der Waals surface area contributed by atoms with Gasteiger partial charge in [0.15, 0.2) is 6.29 Å². The first-order chi connectivity index (χ1) is 7.19. The maximum Gasteiger partial charge on any atom is 0.337 e. The number of benzene rings is 1. The van der Waals surface area contributed by atoms with E-state index in [1.165, 1.54) is 25.3 Å². The lowest BCUT2D eigenvalue weighted by Crippen LogP contribution is -2.00. The lowest BCUT2D eigenvalue weighted by atomic mass is 10.1. The summed E-state index contributed by atoms with van der Waals surface area (Å²) < 4.78 is 4.47. The van der Waals surface area contributed by atoms with Crippen molar-refractivity contribution in [2.24, 2.45) is 0 Å². The van der Waals surface area contributed by atoms with Crippen molar-refractivity contribution in [3.8, 4) is 17.6 Å². The van der Waals surface area contributed by atoms with Crippen molar-refractivity contribution < 1.29 is 19.4 Å². The monoisotopic (exact) mass is 204 g/mol. The third-order valence-corrected chi connectivity index (χ3v) is 1.68. The van der Waals surface area contributed by atoms with Crippen LogP contribution in [0.1, 0.15) is 15.9 Å². The maximum atomic E-state index is 11.1. The molecule has 4 nitrogen and oxygen atoms in total. The van der Waals surface area contributed by atoms with Crippen LogP contribution >= 0.6 is 0 Å². The number of phenols is 1. The fraction of sp³-hybridized carbons (Fsp3) is 0.0909. The minimum Gasteiger partial charge on any atom is -0.507 e. The summed E-state index contributed by atoms with van der Waals surface area (Å²) in [6.07, 6.45) is 0.424. The van der Waals surface area contributed by atoms with Crippen molar-refractivity contribution in [3.63, 3.8) is 0 Å². The molecule has 0 aliphatic heterocycles. The molecule has 0 aromatic heterocycles. The number of ether oxygens (including phenoxy) is 1. The van der Waals surface area contributed by atoms with E-state index in [9.17, 15) is 14.7 Å². The summed E-state index contributed by atoms with van der Waals surface area (Å²) in [4.78, 5) is 21.0. The molecule has 0 atom stereocenters. The average Bonchev–Trinajstić information content (AvgIpc) is 2.26. The minimum atomic E-state index is -0.541. The molecule has 0 bridgehead atoms.